The van der Waals surface area contributed by atoms with Gasteiger partial charge in [0, 0.05) is 31.2 Å². The number of nitrogens with zero attached hydrogens (tertiary/aromatic N) is 2. The van der Waals surface area contributed by atoms with Gasteiger partial charge in [0.1, 0.15) is 5.82 Å². The van der Waals surface area contributed by atoms with Crippen LogP contribution in [-0.2, 0) is 13.5 Å². The standard InChI is InChI=1S/C13H23ClN2/c1-13(2,3)11(14)7-5-6-8-12-15-9-10-16(12)4/h9-11H,5-8H2,1-4H3. The molecule has 92 valence electrons. The second-order valence-corrected chi connectivity index (χ2v) is 6.06. The molecule has 0 aliphatic rings. The Hall–Kier alpha value is -0.500. The first kappa shape index (κ1) is 13.6. The lowest BCUT2D eigenvalue weighted by atomic mass is 9.88. The zero-order valence-corrected chi connectivity index (χ0v) is 11.6. The molecule has 1 rings (SSSR count). The molecule has 1 heterocycles. The fraction of sp³-hybridized carbons (Fsp3) is 0.769. The summed E-state index contributed by atoms with van der Waals surface area (Å²) < 4.78 is 2.09. The lowest BCUT2D eigenvalue weighted by molar-refractivity contribution is 0.366. The third-order valence-electron chi connectivity index (χ3n) is 2.97. The lowest BCUT2D eigenvalue weighted by Gasteiger charge is -2.24. The highest BCUT2D eigenvalue weighted by molar-refractivity contribution is 6.21. The molecule has 1 atom stereocenters. The van der Waals surface area contributed by atoms with Crippen LogP contribution in [0.2, 0.25) is 0 Å². The Morgan fingerprint density at radius 3 is 2.56 bits per heavy atom. The van der Waals surface area contributed by atoms with Gasteiger partial charge in [-0.25, -0.2) is 4.98 Å². The number of aryl methyl sites for hydroxylation is 2. The Labute approximate surface area is 104 Å². The topological polar surface area (TPSA) is 17.8 Å². The highest BCUT2D eigenvalue weighted by Crippen LogP contribution is 2.28. The van der Waals surface area contributed by atoms with Gasteiger partial charge in [-0.15, -0.1) is 11.6 Å². The van der Waals surface area contributed by atoms with Gasteiger partial charge >= 0.3 is 0 Å². The average molecular weight is 243 g/mol. The van der Waals surface area contributed by atoms with Crippen molar-refractivity contribution in [1.82, 2.24) is 9.55 Å². The molecule has 1 aromatic heterocycles. The molecule has 0 aliphatic heterocycles. The minimum atomic E-state index is 0.213. The molecule has 0 amide bonds. The zero-order valence-electron chi connectivity index (χ0n) is 10.8. The zero-order chi connectivity index (χ0) is 12.2. The highest BCUT2D eigenvalue weighted by Gasteiger charge is 2.21. The van der Waals surface area contributed by atoms with Crippen LogP contribution in [0.3, 0.4) is 0 Å². The van der Waals surface area contributed by atoms with Crippen LogP contribution in [0.4, 0.5) is 0 Å². The van der Waals surface area contributed by atoms with Gasteiger partial charge in [-0.3, -0.25) is 0 Å². The molecular weight excluding hydrogens is 220 g/mol. The molecule has 0 aromatic carbocycles. The predicted octanol–water partition coefficient (Wildman–Crippen LogP) is 3.79. The van der Waals surface area contributed by atoms with Crippen molar-refractivity contribution in [3.8, 4) is 0 Å². The molecule has 1 unspecified atom stereocenters. The molecule has 0 spiro atoms. The minimum absolute atomic E-state index is 0.213. The van der Waals surface area contributed by atoms with Crippen molar-refractivity contribution in [3.63, 3.8) is 0 Å². The van der Waals surface area contributed by atoms with Gasteiger partial charge in [0.15, 0.2) is 0 Å². The molecule has 0 saturated carbocycles. The molecule has 0 bridgehead atoms. The molecule has 2 nitrogen and oxygen atoms in total. The monoisotopic (exact) mass is 242 g/mol. The van der Waals surface area contributed by atoms with Gasteiger partial charge in [-0.05, 0) is 18.3 Å². The SMILES string of the molecule is Cn1ccnc1CCCCC(Cl)C(C)(C)C. The Bertz CT molecular complexity index is 312. The van der Waals surface area contributed by atoms with E-state index in [1.807, 2.05) is 19.4 Å². The fourth-order valence-electron chi connectivity index (χ4n) is 1.68. The summed E-state index contributed by atoms with van der Waals surface area (Å²) in [6.45, 7) is 6.59. The van der Waals surface area contributed by atoms with E-state index in [2.05, 4.69) is 30.3 Å². The quantitative estimate of drug-likeness (QED) is 0.568. The third kappa shape index (κ3) is 4.17. The van der Waals surface area contributed by atoms with E-state index in [-0.39, 0.29) is 10.8 Å². The summed E-state index contributed by atoms with van der Waals surface area (Å²) in [7, 11) is 2.04. The van der Waals surface area contributed by atoms with Gasteiger partial charge in [-0.1, -0.05) is 27.2 Å². The molecule has 0 aliphatic carbocycles. The van der Waals surface area contributed by atoms with Crippen molar-refractivity contribution in [1.29, 1.82) is 0 Å². The Morgan fingerprint density at radius 2 is 2.06 bits per heavy atom. The van der Waals surface area contributed by atoms with Crippen molar-refractivity contribution in [2.75, 3.05) is 0 Å². The number of unbranched alkanes of at least 4 members (excludes halogenated alkanes) is 1. The van der Waals surface area contributed by atoms with Crippen LogP contribution in [0, 0.1) is 5.41 Å². The molecule has 3 heteroatoms. The normalized spacial score (nSPS) is 14.1. The van der Waals surface area contributed by atoms with Crippen molar-refractivity contribution in [3.05, 3.63) is 18.2 Å². The van der Waals surface area contributed by atoms with E-state index in [0.29, 0.717) is 0 Å². The van der Waals surface area contributed by atoms with E-state index in [0.717, 1.165) is 12.8 Å². The van der Waals surface area contributed by atoms with Crippen molar-refractivity contribution in [2.45, 2.75) is 51.8 Å². The van der Waals surface area contributed by atoms with Crippen molar-refractivity contribution >= 4 is 11.6 Å². The summed E-state index contributed by atoms with van der Waals surface area (Å²) in [4.78, 5) is 4.31. The summed E-state index contributed by atoms with van der Waals surface area (Å²) in [6.07, 6.45) is 8.35. The summed E-state index contributed by atoms with van der Waals surface area (Å²) in [5.41, 5.74) is 0.213. The first-order chi connectivity index (χ1) is 7.41. The molecule has 1 aromatic rings. The Balaban J connectivity index is 2.20. The predicted molar refractivity (Wildman–Crippen MR) is 69.9 cm³/mol. The molecule has 16 heavy (non-hydrogen) atoms. The highest BCUT2D eigenvalue weighted by atomic mass is 35.5. The second kappa shape index (κ2) is 5.72. The van der Waals surface area contributed by atoms with Crippen LogP contribution < -0.4 is 0 Å². The molecular formula is C13H23ClN2. The maximum atomic E-state index is 6.33. The van der Waals surface area contributed by atoms with Gasteiger partial charge in [-0.2, -0.15) is 0 Å². The van der Waals surface area contributed by atoms with E-state index >= 15 is 0 Å². The van der Waals surface area contributed by atoms with E-state index in [1.165, 1.54) is 18.7 Å². The van der Waals surface area contributed by atoms with Crippen LogP contribution in [-0.4, -0.2) is 14.9 Å². The maximum absolute atomic E-state index is 6.33. The summed E-state index contributed by atoms with van der Waals surface area (Å²) in [5, 5.41) is 0.272. The number of hydrogen-bond donors (Lipinski definition) is 0. The first-order valence-electron chi connectivity index (χ1n) is 6.01. The van der Waals surface area contributed by atoms with Gasteiger partial charge in [0.05, 0.1) is 0 Å². The van der Waals surface area contributed by atoms with E-state index in [1.54, 1.807) is 0 Å². The second-order valence-electron chi connectivity index (χ2n) is 5.53. The van der Waals surface area contributed by atoms with Crippen LogP contribution in [0.25, 0.3) is 0 Å². The molecule has 0 N–H and O–H groups in total. The van der Waals surface area contributed by atoms with Crippen molar-refractivity contribution in [2.24, 2.45) is 12.5 Å². The van der Waals surface area contributed by atoms with Crippen LogP contribution in [0.1, 0.15) is 45.9 Å². The van der Waals surface area contributed by atoms with Crippen LogP contribution in [0.15, 0.2) is 12.4 Å². The molecule has 0 fully saturated rings. The Kier molecular flexibility index (Phi) is 4.85. The lowest BCUT2D eigenvalue weighted by Crippen LogP contribution is -2.20. The number of imidazole rings is 1. The first-order valence-corrected chi connectivity index (χ1v) is 6.45. The van der Waals surface area contributed by atoms with Crippen LogP contribution >= 0.6 is 11.6 Å². The van der Waals surface area contributed by atoms with Crippen molar-refractivity contribution < 1.29 is 0 Å². The maximum Gasteiger partial charge on any atom is 0.108 e. The molecule has 0 radical (unpaired) electrons. The largest absolute Gasteiger partial charge is 0.338 e. The van der Waals surface area contributed by atoms with Gasteiger partial charge < -0.3 is 4.57 Å². The summed E-state index contributed by atoms with van der Waals surface area (Å²) >= 11 is 6.33. The Morgan fingerprint density at radius 1 is 1.38 bits per heavy atom. The van der Waals surface area contributed by atoms with Gasteiger partial charge in [0.25, 0.3) is 0 Å². The minimum Gasteiger partial charge on any atom is -0.338 e. The average Bonchev–Trinajstić information content (AvgIpc) is 2.57. The summed E-state index contributed by atoms with van der Waals surface area (Å²) in [6, 6.07) is 0. The summed E-state index contributed by atoms with van der Waals surface area (Å²) in [5.74, 6) is 1.17. The van der Waals surface area contributed by atoms with E-state index < -0.39 is 0 Å². The van der Waals surface area contributed by atoms with E-state index in [4.69, 9.17) is 11.6 Å². The third-order valence-corrected chi connectivity index (χ3v) is 3.84. The number of hydrogen-bond acceptors (Lipinski definition) is 1. The fourth-order valence-corrected chi connectivity index (χ4v) is 1.83. The number of rotatable bonds is 5. The van der Waals surface area contributed by atoms with E-state index in [9.17, 15) is 0 Å². The number of alkyl halides is 1. The number of aromatic nitrogens is 2. The smallest absolute Gasteiger partial charge is 0.108 e. The molecule has 0 saturated heterocycles. The number of halogens is 1. The van der Waals surface area contributed by atoms with Gasteiger partial charge in [0.2, 0.25) is 0 Å². The van der Waals surface area contributed by atoms with Crippen LogP contribution in [0.5, 0.6) is 0 Å².